The summed E-state index contributed by atoms with van der Waals surface area (Å²) in [5, 5.41) is 5.10. The molecular weight excluding hydrogens is 386 g/mol. The van der Waals surface area contributed by atoms with Gasteiger partial charge in [-0.3, -0.25) is 14.5 Å². The highest BCUT2D eigenvalue weighted by Gasteiger charge is 2.14. The van der Waals surface area contributed by atoms with Crippen molar-refractivity contribution in [3.05, 3.63) is 24.0 Å². The van der Waals surface area contributed by atoms with Gasteiger partial charge < -0.3 is 21.1 Å². The van der Waals surface area contributed by atoms with Crippen LogP contribution in [0.3, 0.4) is 0 Å². The van der Waals surface area contributed by atoms with E-state index < -0.39 is 11.9 Å². The first-order chi connectivity index (χ1) is 11.5. The van der Waals surface area contributed by atoms with Crippen LogP contribution >= 0.6 is 24.8 Å². The second-order valence-corrected chi connectivity index (χ2v) is 5.72. The Kier molecular flexibility index (Phi) is 11.4. The minimum absolute atomic E-state index is 0. The van der Waals surface area contributed by atoms with Crippen molar-refractivity contribution in [2.45, 2.75) is 19.4 Å². The van der Waals surface area contributed by atoms with Crippen molar-refractivity contribution in [1.29, 1.82) is 0 Å². The van der Waals surface area contributed by atoms with E-state index in [0.29, 0.717) is 25.4 Å². The fourth-order valence-electron chi connectivity index (χ4n) is 2.25. The average Bonchev–Trinajstić information content (AvgIpc) is 2.57. The van der Waals surface area contributed by atoms with Crippen molar-refractivity contribution in [2.75, 3.05) is 43.5 Å². The molecule has 10 heteroatoms. The van der Waals surface area contributed by atoms with E-state index >= 15 is 0 Å². The molecule has 1 aliphatic rings. The van der Waals surface area contributed by atoms with Crippen LogP contribution in [-0.4, -0.2) is 55.6 Å². The van der Waals surface area contributed by atoms with Gasteiger partial charge in [-0.2, -0.15) is 0 Å². The van der Waals surface area contributed by atoms with Gasteiger partial charge in [0.05, 0.1) is 24.9 Å². The van der Waals surface area contributed by atoms with E-state index in [9.17, 15) is 14.0 Å². The molecular formula is C16H25Cl2FN4O3. The number of amides is 2. The molecule has 0 bridgehead atoms. The van der Waals surface area contributed by atoms with Gasteiger partial charge >= 0.3 is 0 Å². The number of anilines is 2. The number of nitrogens with two attached hydrogens (primary N) is 1. The Hall–Kier alpha value is -1.45. The molecule has 1 unspecified atom stereocenters. The molecule has 1 atom stereocenters. The number of nitrogens with one attached hydrogen (secondary N) is 2. The standard InChI is InChI=1S/C16H23FN4O3.2ClH/c1-11(18)16(23)19-12-2-3-13(17)14(10-12)20-15(22)4-5-21-6-8-24-9-7-21;;/h2-3,10-11H,4-9,18H2,1H3,(H,19,23)(H,20,22);2*1H. The molecule has 26 heavy (non-hydrogen) atoms. The van der Waals surface area contributed by atoms with Crippen molar-refractivity contribution in [2.24, 2.45) is 5.73 Å². The van der Waals surface area contributed by atoms with Crippen LogP contribution in [-0.2, 0) is 14.3 Å². The molecule has 4 N–H and O–H groups in total. The number of halogens is 3. The number of carbonyl (C=O) groups is 2. The lowest BCUT2D eigenvalue weighted by atomic mass is 10.2. The van der Waals surface area contributed by atoms with E-state index in [1.807, 2.05) is 0 Å². The molecule has 0 aromatic heterocycles. The minimum Gasteiger partial charge on any atom is -0.379 e. The molecule has 1 saturated heterocycles. The second-order valence-electron chi connectivity index (χ2n) is 5.72. The fraction of sp³-hybridized carbons (Fsp3) is 0.500. The molecule has 0 saturated carbocycles. The third-order valence-corrected chi connectivity index (χ3v) is 3.68. The lowest BCUT2D eigenvalue weighted by molar-refractivity contribution is -0.117. The summed E-state index contributed by atoms with van der Waals surface area (Å²) >= 11 is 0. The van der Waals surface area contributed by atoms with E-state index in [1.54, 1.807) is 6.92 Å². The van der Waals surface area contributed by atoms with Crippen LogP contribution < -0.4 is 16.4 Å². The molecule has 0 radical (unpaired) electrons. The summed E-state index contributed by atoms with van der Waals surface area (Å²) in [7, 11) is 0. The van der Waals surface area contributed by atoms with Crippen LogP contribution in [0, 0.1) is 5.82 Å². The molecule has 2 rings (SSSR count). The largest absolute Gasteiger partial charge is 0.379 e. The highest BCUT2D eigenvalue weighted by atomic mass is 35.5. The maximum atomic E-state index is 13.8. The van der Waals surface area contributed by atoms with E-state index in [-0.39, 0.29) is 48.7 Å². The van der Waals surface area contributed by atoms with Gasteiger partial charge in [0.2, 0.25) is 11.8 Å². The van der Waals surface area contributed by atoms with Crippen LogP contribution in [0.1, 0.15) is 13.3 Å². The fourth-order valence-corrected chi connectivity index (χ4v) is 2.25. The number of hydrogen-bond donors (Lipinski definition) is 3. The van der Waals surface area contributed by atoms with Gasteiger partial charge in [-0.1, -0.05) is 0 Å². The van der Waals surface area contributed by atoms with E-state index in [4.69, 9.17) is 10.5 Å². The van der Waals surface area contributed by atoms with Gasteiger partial charge in [0.25, 0.3) is 0 Å². The van der Waals surface area contributed by atoms with E-state index in [0.717, 1.165) is 13.1 Å². The topological polar surface area (TPSA) is 96.7 Å². The minimum atomic E-state index is -0.679. The third-order valence-electron chi connectivity index (χ3n) is 3.68. The number of ether oxygens (including phenoxy) is 1. The van der Waals surface area contributed by atoms with Gasteiger partial charge in [0.1, 0.15) is 5.82 Å². The van der Waals surface area contributed by atoms with Crippen molar-refractivity contribution in [3.8, 4) is 0 Å². The summed E-state index contributed by atoms with van der Waals surface area (Å²) in [5.74, 6) is -1.23. The molecule has 1 heterocycles. The van der Waals surface area contributed by atoms with Gasteiger partial charge in [-0.25, -0.2) is 4.39 Å². The van der Waals surface area contributed by atoms with Gasteiger partial charge in [-0.05, 0) is 25.1 Å². The number of benzene rings is 1. The molecule has 7 nitrogen and oxygen atoms in total. The predicted octanol–water partition coefficient (Wildman–Crippen LogP) is 1.62. The monoisotopic (exact) mass is 410 g/mol. The zero-order chi connectivity index (χ0) is 17.5. The number of morpholine rings is 1. The van der Waals surface area contributed by atoms with E-state index in [2.05, 4.69) is 15.5 Å². The maximum Gasteiger partial charge on any atom is 0.240 e. The smallest absolute Gasteiger partial charge is 0.240 e. The maximum absolute atomic E-state index is 13.8. The Morgan fingerprint density at radius 2 is 1.92 bits per heavy atom. The SMILES string of the molecule is CC(N)C(=O)Nc1ccc(F)c(NC(=O)CCN2CCOCC2)c1.Cl.Cl. The highest BCUT2D eigenvalue weighted by Crippen LogP contribution is 2.20. The number of carbonyl (C=O) groups excluding carboxylic acids is 2. The van der Waals surface area contributed by atoms with Crippen LogP contribution in [0.5, 0.6) is 0 Å². The Labute approximate surface area is 164 Å². The number of rotatable bonds is 6. The summed E-state index contributed by atoms with van der Waals surface area (Å²) in [5.41, 5.74) is 5.88. The van der Waals surface area contributed by atoms with Gasteiger partial charge in [0.15, 0.2) is 0 Å². The summed E-state index contributed by atoms with van der Waals surface area (Å²) in [4.78, 5) is 25.7. The highest BCUT2D eigenvalue weighted by molar-refractivity contribution is 5.96. The Bertz CT molecular complexity index is 599. The average molecular weight is 411 g/mol. The normalized spacial score (nSPS) is 15.2. The first kappa shape index (κ1) is 24.6. The molecule has 1 aliphatic heterocycles. The van der Waals surface area contributed by atoms with Crippen LogP contribution in [0.15, 0.2) is 18.2 Å². The Morgan fingerprint density at radius 3 is 2.54 bits per heavy atom. The van der Waals surface area contributed by atoms with Crippen LogP contribution in [0.2, 0.25) is 0 Å². The van der Waals surface area contributed by atoms with Crippen molar-refractivity contribution in [3.63, 3.8) is 0 Å². The first-order valence-electron chi connectivity index (χ1n) is 7.91. The lowest BCUT2D eigenvalue weighted by Gasteiger charge is -2.26. The third kappa shape index (κ3) is 7.84. The molecule has 0 spiro atoms. The molecule has 2 amide bonds. The molecule has 148 valence electrons. The summed E-state index contributed by atoms with van der Waals surface area (Å²) < 4.78 is 19.1. The van der Waals surface area contributed by atoms with Gasteiger partial charge in [0, 0.05) is 31.7 Å². The zero-order valence-corrected chi connectivity index (χ0v) is 16.1. The van der Waals surface area contributed by atoms with E-state index in [1.165, 1.54) is 18.2 Å². The quantitative estimate of drug-likeness (QED) is 0.661. The van der Waals surface area contributed by atoms with Crippen LogP contribution in [0.4, 0.5) is 15.8 Å². The number of nitrogens with zero attached hydrogens (tertiary/aromatic N) is 1. The predicted molar refractivity (Wildman–Crippen MR) is 104 cm³/mol. The van der Waals surface area contributed by atoms with Crippen molar-refractivity contribution < 1.29 is 18.7 Å². The second kappa shape index (κ2) is 12.0. The summed E-state index contributed by atoms with van der Waals surface area (Å²) in [6.07, 6.45) is 0.260. The summed E-state index contributed by atoms with van der Waals surface area (Å²) in [6, 6.07) is 3.30. The molecule has 1 fully saturated rings. The van der Waals surface area contributed by atoms with Crippen molar-refractivity contribution in [1.82, 2.24) is 4.90 Å². The van der Waals surface area contributed by atoms with Crippen molar-refractivity contribution >= 4 is 48.0 Å². The molecule has 1 aromatic carbocycles. The zero-order valence-electron chi connectivity index (χ0n) is 14.5. The lowest BCUT2D eigenvalue weighted by Crippen LogP contribution is -2.38. The Balaban J connectivity index is 0.00000312. The first-order valence-corrected chi connectivity index (χ1v) is 7.91. The van der Waals surface area contributed by atoms with Crippen LogP contribution in [0.25, 0.3) is 0 Å². The Morgan fingerprint density at radius 1 is 1.27 bits per heavy atom. The molecule has 0 aliphatic carbocycles. The number of hydrogen-bond acceptors (Lipinski definition) is 5. The summed E-state index contributed by atoms with van der Waals surface area (Å²) in [6.45, 7) is 5.06. The van der Waals surface area contributed by atoms with Gasteiger partial charge in [-0.15, -0.1) is 24.8 Å². The molecule has 1 aromatic rings.